The first-order valence-electron chi connectivity index (χ1n) is 6.60. The van der Waals surface area contributed by atoms with Crippen LogP contribution in [0.1, 0.15) is 53.9 Å². The molecule has 0 aliphatic heterocycles. The molecule has 4 heteroatoms. The highest BCUT2D eigenvalue weighted by Gasteiger charge is 2.47. The number of sulfone groups is 1. The van der Waals surface area contributed by atoms with Gasteiger partial charge in [0.1, 0.15) is 0 Å². The molecule has 0 radical (unpaired) electrons. The van der Waals surface area contributed by atoms with E-state index >= 15 is 0 Å². The van der Waals surface area contributed by atoms with E-state index in [1.165, 1.54) is 12.8 Å². The van der Waals surface area contributed by atoms with Crippen LogP contribution >= 0.6 is 0 Å². The van der Waals surface area contributed by atoms with Crippen molar-refractivity contribution < 1.29 is 8.42 Å². The Morgan fingerprint density at radius 2 is 1.82 bits per heavy atom. The molecule has 0 bridgehead atoms. The van der Waals surface area contributed by atoms with Crippen molar-refractivity contribution in [3.63, 3.8) is 0 Å². The van der Waals surface area contributed by atoms with Crippen LogP contribution in [-0.4, -0.2) is 31.5 Å². The zero-order chi connectivity index (χ0) is 13.3. The summed E-state index contributed by atoms with van der Waals surface area (Å²) in [4.78, 5) is 0. The Kier molecular flexibility index (Phi) is 4.30. The Morgan fingerprint density at radius 1 is 1.29 bits per heavy atom. The minimum absolute atomic E-state index is 0.244. The van der Waals surface area contributed by atoms with Gasteiger partial charge in [0.05, 0.1) is 10.5 Å². The third-order valence-corrected chi connectivity index (χ3v) is 6.73. The molecule has 1 fully saturated rings. The Bertz CT molecular complexity index is 350. The van der Waals surface area contributed by atoms with E-state index < -0.39 is 14.6 Å². The van der Waals surface area contributed by atoms with E-state index in [-0.39, 0.29) is 5.41 Å². The molecule has 3 nitrogen and oxygen atoms in total. The molecule has 1 saturated carbocycles. The van der Waals surface area contributed by atoms with Crippen LogP contribution in [0.5, 0.6) is 0 Å². The molecule has 0 aromatic carbocycles. The average Bonchev–Trinajstić information content (AvgIpc) is 2.94. The summed E-state index contributed by atoms with van der Waals surface area (Å²) in [7, 11) is -2.97. The van der Waals surface area contributed by atoms with Crippen molar-refractivity contribution in [2.75, 3.05) is 12.3 Å². The third-order valence-electron chi connectivity index (χ3n) is 4.12. The highest BCUT2D eigenvalue weighted by Crippen LogP contribution is 2.52. The van der Waals surface area contributed by atoms with E-state index in [1.807, 2.05) is 0 Å². The summed E-state index contributed by atoms with van der Waals surface area (Å²) in [5.41, 5.74) is 0.244. The maximum Gasteiger partial charge on any atom is 0.155 e. The molecule has 1 unspecified atom stereocenters. The normalized spacial score (nSPS) is 21.2. The standard InChI is InChI=1S/C13H27NO2S/c1-6-14-11(2)13(7-8-13)9-10-17(15,16)12(3,4)5/h11,14H,6-10H2,1-5H3. The molecule has 0 saturated heterocycles. The van der Waals surface area contributed by atoms with Gasteiger partial charge in [-0.25, -0.2) is 8.42 Å². The van der Waals surface area contributed by atoms with Gasteiger partial charge in [-0.2, -0.15) is 0 Å². The fourth-order valence-corrected chi connectivity index (χ4v) is 3.51. The summed E-state index contributed by atoms with van der Waals surface area (Å²) in [5.74, 6) is 0.326. The van der Waals surface area contributed by atoms with Crippen molar-refractivity contribution in [3.8, 4) is 0 Å². The van der Waals surface area contributed by atoms with Crippen molar-refractivity contribution in [1.29, 1.82) is 0 Å². The fraction of sp³-hybridized carbons (Fsp3) is 1.00. The summed E-state index contributed by atoms with van der Waals surface area (Å²) in [6.45, 7) is 10.6. The zero-order valence-electron chi connectivity index (χ0n) is 11.8. The molecule has 1 atom stereocenters. The summed E-state index contributed by atoms with van der Waals surface area (Å²) in [6.07, 6.45) is 3.14. The van der Waals surface area contributed by atoms with E-state index in [2.05, 4.69) is 19.2 Å². The number of hydrogen-bond donors (Lipinski definition) is 1. The van der Waals surface area contributed by atoms with Crippen molar-refractivity contribution in [3.05, 3.63) is 0 Å². The fourth-order valence-electron chi connectivity index (χ4n) is 2.23. The first-order valence-corrected chi connectivity index (χ1v) is 8.25. The second kappa shape index (κ2) is 4.88. The van der Waals surface area contributed by atoms with Crippen LogP contribution in [0.25, 0.3) is 0 Å². The molecular formula is C13H27NO2S. The Labute approximate surface area is 106 Å². The van der Waals surface area contributed by atoms with Gasteiger partial charge >= 0.3 is 0 Å². The largest absolute Gasteiger partial charge is 0.314 e. The summed E-state index contributed by atoms with van der Waals surface area (Å²) < 4.78 is 23.6. The Morgan fingerprint density at radius 3 is 2.18 bits per heavy atom. The van der Waals surface area contributed by atoms with Crippen LogP contribution in [0.2, 0.25) is 0 Å². The maximum absolute atomic E-state index is 12.1. The first kappa shape index (κ1) is 15.0. The van der Waals surface area contributed by atoms with Crippen LogP contribution in [0.3, 0.4) is 0 Å². The van der Waals surface area contributed by atoms with E-state index in [9.17, 15) is 8.42 Å². The average molecular weight is 261 g/mol. The number of nitrogens with one attached hydrogen (secondary N) is 1. The van der Waals surface area contributed by atoms with Gasteiger partial charge in [-0.1, -0.05) is 6.92 Å². The lowest BCUT2D eigenvalue weighted by atomic mass is 9.95. The van der Waals surface area contributed by atoms with E-state index in [1.54, 1.807) is 20.8 Å². The van der Waals surface area contributed by atoms with E-state index in [0.29, 0.717) is 11.8 Å². The second-order valence-corrected chi connectivity index (χ2v) is 9.19. The Hall–Kier alpha value is -0.0900. The quantitative estimate of drug-likeness (QED) is 0.798. The molecule has 0 aromatic heterocycles. The minimum atomic E-state index is -2.97. The molecule has 1 N–H and O–H groups in total. The zero-order valence-corrected chi connectivity index (χ0v) is 12.7. The minimum Gasteiger partial charge on any atom is -0.314 e. The van der Waals surface area contributed by atoms with Crippen LogP contribution in [0.15, 0.2) is 0 Å². The van der Waals surface area contributed by atoms with Gasteiger partial charge in [-0.3, -0.25) is 0 Å². The molecule has 1 aliphatic carbocycles. The smallest absolute Gasteiger partial charge is 0.155 e. The van der Waals surface area contributed by atoms with Gasteiger partial charge in [-0.15, -0.1) is 0 Å². The molecule has 1 aliphatic rings. The van der Waals surface area contributed by atoms with E-state index in [4.69, 9.17) is 0 Å². The third kappa shape index (κ3) is 3.44. The summed E-state index contributed by atoms with van der Waals surface area (Å²) in [6, 6.07) is 0.433. The molecule has 1 rings (SSSR count). The first-order chi connectivity index (χ1) is 7.65. The van der Waals surface area contributed by atoms with Crippen molar-refractivity contribution >= 4 is 9.84 Å². The molecule has 0 heterocycles. The lowest BCUT2D eigenvalue weighted by Crippen LogP contribution is -2.37. The van der Waals surface area contributed by atoms with Crippen molar-refractivity contribution in [2.24, 2.45) is 5.41 Å². The van der Waals surface area contributed by atoms with Gasteiger partial charge in [0.15, 0.2) is 9.84 Å². The summed E-state index contributed by atoms with van der Waals surface area (Å²) in [5, 5.41) is 3.43. The highest BCUT2D eigenvalue weighted by atomic mass is 32.2. The number of hydrogen-bond acceptors (Lipinski definition) is 3. The Balaban J connectivity index is 2.57. The van der Waals surface area contributed by atoms with E-state index in [0.717, 1.165) is 13.0 Å². The van der Waals surface area contributed by atoms with Crippen LogP contribution in [-0.2, 0) is 9.84 Å². The van der Waals surface area contributed by atoms with Gasteiger partial charge < -0.3 is 5.32 Å². The SMILES string of the molecule is CCNC(C)C1(CCS(=O)(=O)C(C)(C)C)CC1. The molecule has 0 aromatic rings. The van der Waals surface area contributed by atoms with Crippen LogP contribution in [0.4, 0.5) is 0 Å². The monoisotopic (exact) mass is 261 g/mol. The predicted molar refractivity (Wildman–Crippen MR) is 73.0 cm³/mol. The van der Waals surface area contributed by atoms with Gasteiger partial charge in [0.25, 0.3) is 0 Å². The van der Waals surface area contributed by atoms with Crippen LogP contribution in [0, 0.1) is 5.41 Å². The second-order valence-electron chi connectivity index (χ2n) is 6.32. The lowest BCUT2D eigenvalue weighted by molar-refractivity contribution is 0.347. The predicted octanol–water partition coefficient (Wildman–Crippen LogP) is 2.37. The highest BCUT2D eigenvalue weighted by molar-refractivity contribution is 7.92. The summed E-state index contributed by atoms with van der Waals surface area (Å²) >= 11 is 0. The van der Waals surface area contributed by atoms with Crippen LogP contribution < -0.4 is 5.32 Å². The maximum atomic E-state index is 12.1. The molecule has 17 heavy (non-hydrogen) atoms. The topological polar surface area (TPSA) is 46.2 Å². The lowest BCUT2D eigenvalue weighted by Gasteiger charge is -2.26. The molecule has 0 spiro atoms. The van der Waals surface area contributed by atoms with Gasteiger partial charge in [0, 0.05) is 6.04 Å². The van der Waals surface area contributed by atoms with Gasteiger partial charge in [-0.05, 0) is 58.9 Å². The molecule has 102 valence electrons. The van der Waals surface area contributed by atoms with Crippen molar-refractivity contribution in [2.45, 2.75) is 64.7 Å². The molecule has 0 amide bonds. The number of rotatable bonds is 6. The van der Waals surface area contributed by atoms with Gasteiger partial charge in [0.2, 0.25) is 0 Å². The molecular weight excluding hydrogens is 234 g/mol. The van der Waals surface area contributed by atoms with Crippen molar-refractivity contribution in [1.82, 2.24) is 5.32 Å².